The highest BCUT2D eigenvalue weighted by Crippen LogP contribution is 2.38. The van der Waals surface area contributed by atoms with E-state index in [-0.39, 0.29) is 53.8 Å². The Morgan fingerprint density at radius 3 is 2.15 bits per heavy atom. The molecule has 0 spiro atoms. The molecule has 2 fully saturated rings. The number of sulfonamides is 1. The van der Waals surface area contributed by atoms with Crippen molar-refractivity contribution in [2.45, 2.75) is 43.8 Å². The number of hydrogen-bond acceptors (Lipinski definition) is 5. The van der Waals surface area contributed by atoms with Crippen LogP contribution in [0.4, 0.5) is 0 Å². The summed E-state index contributed by atoms with van der Waals surface area (Å²) in [5.74, 6) is -0.870. The van der Waals surface area contributed by atoms with Crippen LogP contribution in [-0.4, -0.2) is 58.1 Å². The van der Waals surface area contributed by atoms with Gasteiger partial charge in [-0.15, -0.1) is 0 Å². The molecule has 1 aromatic heterocycles. The topological polar surface area (TPSA) is 92.6 Å². The fourth-order valence-corrected chi connectivity index (χ4v) is 5.26. The van der Waals surface area contributed by atoms with Crippen LogP contribution in [-0.2, 0) is 19.6 Å². The number of rotatable bonds is 4. The zero-order chi connectivity index (χ0) is 18.6. The Morgan fingerprint density at radius 2 is 1.65 bits per heavy atom. The fraction of sp³-hybridized carbons (Fsp3) is 0.588. The van der Waals surface area contributed by atoms with Gasteiger partial charge in [0.2, 0.25) is 11.8 Å². The van der Waals surface area contributed by atoms with Crippen molar-refractivity contribution in [1.82, 2.24) is 18.8 Å². The van der Waals surface area contributed by atoms with Gasteiger partial charge in [-0.2, -0.15) is 4.31 Å². The minimum absolute atomic E-state index is 0.00148. The number of carbonyl (C=O) groups excluding carboxylic acids is 2. The van der Waals surface area contributed by atoms with Gasteiger partial charge in [0.05, 0.1) is 24.2 Å². The lowest BCUT2D eigenvalue weighted by molar-refractivity contribution is -0.145. The number of fused-ring (bicyclic) bond motifs is 1. The molecule has 2 atom stereocenters. The van der Waals surface area contributed by atoms with E-state index in [2.05, 4.69) is 4.98 Å². The molecule has 140 valence electrons. The molecule has 1 aliphatic carbocycles. The number of carbonyl (C=O) groups is 2. The Morgan fingerprint density at radius 1 is 1.08 bits per heavy atom. The molecular weight excluding hydrogens is 356 g/mol. The largest absolute Gasteiger partial charge is 0.334 e. The van der Waals surface area contributed by atoms with Crippen LogP contribution in [0.15, 0.2) is 29.7 Å². The second-order valence-corrected chi connectivity index (χ2v) is 9.32. The molecule has 2 amide bonds. The van der Waals surface area contributed by atoms with Crippen molar-refractivity contribution in [3.8, 4) is 0 Å². The van der Waals surface area contributed by atoms with Gasteiger partial charge in [-0.3, -0.25) is 14.5 Å². The van der Waals surface area contributed by atoms with Crippen LogP contribution in [0.1, 0.15) is 32.7 Å². The van der Waals surface area contributed by atoms with Gasteiger partial charge < -0.3 is 4.57 Å². The molecule has 0 saturated carbocycles. The standard InChI is InChI=1S/C17H22N4O4S/c1-11(2)19-9-15(18-10-19)26(24,25)20-7-12(8-20)21-16(22)13-5-3-4-6-14(13)17(21)23/h3-4,9-14H,5-8H2,1-2H3/t13-,14-/m0/s1. The maximum atomic E-state index is 12.7. The Hall–Kier alpha value is -2.00. The second-order valence-electron chi connectivity index (χ2n) is 7.43. The summed E-state index contributed by atoms with van der Waals surface area (Å²) in [7, 11) is -3.70. The first-order valence-electron chi connectivity index (χ1n) is 8.86. The van der Waals surface area contributed by atoms with Crippen molar-refractivity contribution >= 4 is 21.8 Å². The molecule has 0 N–H and O–H groups in total. The number of hydrogen-bond donors (Lipinski definition) is 0. The normalized spacial score (nSPS) is 27.3. The number of allylic oxidation sites excluding steroid dienone is 2. The quantitative estimate of drug-likeness (QED) is 0.570. The van der Waals surface area contributed by atoms with Crippen molar-refractivity contribution in [3.05, 3.63) is 24.7 Å². The SMILES string of the molecule is CC(C)n1cnc(S(=O)(=O)N2CC(N3C(=O)[C@H]4CC=CC[C@@H]4C3=O)C2)c1. The zero-order valence-electron chi connectivity index (χ0n) is 14.8. The second kappa shape index (κ2) is 6.02. The van der Waals surface area contributed by atoms with Gasteiger partial charge in [0, 0.05) is 25.3 Å². The Balaban J connectivity index is 1.46. The summed E-state index contributed by atoms with van der Waals surface area (Å²) < 4.78 is 28.4. The van der Waals surface area contributed by atoms with Crippen LogP contribution in [0.5, 0.6) is 0 Å². The van der Waals surface area contributed by atoms with Crippen LogP contribution >= 0.6 is 0 Å². The molecule has 3 aliphatic rings. The molecule has 2 saturated heterocycles. The highest BCUT2D eigenvalue weighted by atomic mass is 32.2. The maximum absolute atomic E-state index is 12.7. The van der Waals surface area contributed by atoms with Gasteiger partial charge in [-0.25, -0.2) is 13.4 Å². The Kier molecular flexibility index (Phi) is 4.03. The molecule has 0 unspecified atom stereocenters. The average molecular weight is 378 g/mol. The number of likely N-dealkylation sites (tertiary alicyclic amines) is 1. The monoisotopic (exact) mass is 378 g/mol. The van der Waals surface area contributed by atoms with Crippen molar-refractivity contribution in [2.24, 2.45) is 11.8 Å². The molecule has 1 aromatic rings. The molecule has 0 radical (unpaired) electrons. The van der Waals surface area contributed by atoms with Gasteiger partial charge in [0.15, 0.2) is 5.03 Å². The smallest absolute Gasteiger partial charge is 0.262 e. The van der Waals surface area contributed by atoms with Crippen LogP contribution in [0.3, 0.4) is 0 Å². The number of imide groups is 1. The average Bonchev–Trinajstić information content (AvgIpc) is 3.14. The van der Waals surface area contributed by atoms with E-state index in [9.17, 15) is 18.0 Å². The summed E-state index contributed by atoms with van der Waals surface area (Å²) in [6, 6.07) is -0.255. The number of amides is 2. The number of imidazole rings is 1. The number of aromatic nitrogens is 2. The van der Waals surface area contributed by atoms with Crippen molar-refractivity contribution in [3.63, 3.8) is 0 Å². The van der Waals surface area contributed by atoms with E-state index in [0.29, 0.717) is 12.8 Å². The molecule has 9 heteroatoms. The van der Waals surface area contributed by atoms with E-state index in [0.717, 1.165) is 0 Å². The summed E-state index contributed by atoms with van der Waals surface area (Å²) in [5.41, 5.74) is 0. The molecule has 0 aromatic carbocycles. The predicted octanol–water partition coefficient (Wildman–Crippen LogP) is 0.788. The fourth-order valence-electron chi connectivity index (χ4n) is 3.83. The van der Waals surface area contributed by atoms with E-state index in [1.807, 2.05) is 26.0 Å². The third kappa shape index (κ3) is 2.52. The molecule has 4 rings (SSSR count). The summed E-state index contributed by atoms with van der Waals surface area (Å²) in [4.78, 5) is 30.5. The van der Waals surface area contributed by atoms with Gasteiger partial charge in [0.25, 0.3) is 10.0 Å². The lowest BCUT2D eigenvalue weighted by atomic mass is 9.85. The number of nitrogens with zero attached hydrogens (tertiary/aromatic N) is 4. The Bertz CT molecular complexity index is 856. The van der Waals surface area contributed by atoms with E-state index < -0.39 is 10.0 Å². The van der Waals surface area contributed by atoms with Crippen LogP contribution < -0.4 is 0 Å². The van der Waals surface area contributed by atoms with E-state index >= 15 is 0 Å². The van der Waals surface area contributed by atoms with E-state index in [4.69, 9.17) is 0 Å². The van der Waals surface area contributed by atoms with E-state index in [1.165, 1.54) is 21.7 Å². The minimum atomic E-state index is -3.70. The molecule has 2 aliphatic heterocycles. The Labute approximate surface area is 152 Å². The van der Waals surface area contributed by atoms with Gasteiger partial charge in [0.1, 0.15) is 0 Å². The molecular formula is C17H22N4O4S. The molecule has 3 heterocycles. The van der Waals surface area contributed by atoms with Gasteiger partial charge in [-0.05, 0) is 26.7 Å². The molecule has 26 heavy (non-hydrogen) atoms. The van der Waals surface area contributed by atoms with Crippen molar-refractivity contribution < 1.29 is 18.0 Å². The first kappa shape index (κ1) is 17.4. The molecule has 0 bridgehead atoms. The summed E-state index contributed by atoms with van der Waals surface area (Å²) >= 11 is 0. The van der Waals surface area contributed by atoms with E-state index in [1.54, 1.807) is 4.57 Å². The highest BCUT2D eigenvalue weighted by molar-refractivity contribution is 7.89. The van der Waals surface area contributed by atoms with Gasteiger partial charge in [-0.1, -0.05) is 12.2 Å². The minimum Gasteiger partial charge on any atom is -0.334 e. The van der Waals surface area contributed by atoms with Gasteiger partial charge >= 0.3 is 0 Å². The van der Waals surface area contributed by atoms with Crippen molar-refractivity contribution in [1.29, 1.82) is 0 Å². The van der Waals surface area contributed by atoms with Crippen molar-refractivity contribution in [2.75, 3.05) is 13.1 Å². The van der Waals surface area contributed by atoms with Crippen LogP contribution in [0, 0.1) is 11.8 Å². The third-order valence-electron chi connectivity index (χ3n) is 5.51. The zero-order valence-corrected chi connectivity index (χ0v) is 15.6. The predicted molar refractivity (Wildman–Crippen MR) is 92.4 cm³/mol. The van der Waals surface area contributed by atoms with Crippen LogP contribution in [0.2, 0.25) is 0 Å². The summed E-state index contributed by atoms with van der Waals surface area (Å²) in [6.45, 7) is 4.16. The lowest BCUT2D eigenvalue weighted by Gasteiger charge is -2.41. The molecule has 8 nitrogen and oxygen atoms in total. The van der Waals surface area contributed by atoms with Crippen LogP contribution in [0.25, 0.3) is 0 Å². The lowest BCUT2D eigenvalue weighted by Crippen LogP contribution is -2.62. The maximum Gasteiger partial charge on any atom is 0.262 e. The first-order chi connectivity index (χ1) is 12.3. The third-order valence-corrected chi connectivity index (χ3v) is 7.23. The summed E-state index contributed by atoms with van der Waals surface area (Å²) in [5, 5.41) is 0.00148. The highest BCUT2D eigenvalue weighted by Gasteiger charge is 2.53. The summed E-state index contributed by atoms with van der Waals surface area (Å²) in [6.07, 6.45) is 8.08. The first-order valence-corrected chi connectivity index (χ1v) is 10.3.